The Kier molecular flexibility index (Phi) is 7.21. The minimum atomic E-state index is -3.52. The van der Waals surface area contributed by atoms with E-state index < -0.39 is 15.6 Å². The molecule has 176 valence electrons. The van der Waals surface area contributed by atoms with Gasteiger partial charge in [0.15, 0.2) is 0 Å². The van der Waals surface area contributed by atoms with Crippen LogP contribution >= 0.6 is 11.3 Å². The summed E-state index contributed by atoms with van der Waals surface area (Å²) < 4.78 is 34.2. The first-order chi connectivity index (χ1) is 15.7. The number of thiophene rings is 1. The van der Waals surface area contributed by atoms with Gasteiger partial charge in [-0.2, -0.15) is 4.31 Å². The molecule has 6 nitrogen and oxygen atoms in total. The van der Waals surface area contributed by atoms with Crippen LogP contribution in [-0.4, -0.2) is 50.1 Å². The average Bonchev–Trinajstić information content (AvgIpc) is 3.35. The van der Waals surface area contributed by atoms with Crippen LogP contribution in [0.25, 0.3) is 0 Å². The molecule has 33 heavy (non-hydrogen) atoms. The number of hydrogen-bond acceptors (Lipinski definition) is 6. The molecule has 1 N–H and O–H groups in total. The number of sulfonamides is 1. The van der Waals surface area contributed by atoms with E-state index in [1.54, 1.807) is 35.7 Å². The number of aliphatic hydroxyl groups is 1. The smallest absolute Gasteiger partial charge is 0.252 e. The minimum absolute atomic E-state index is 0.134. The maximum atomic E-state index is 13.1. The largest absolute Gasteiger partial charge is 0.386 e. The molecule has 0 spiro atoms. The highest BCUT2D eigenvalue weighted by molar-refractivity contribution is 7.91. The van der Waals surface area contributed by atoms with Gasteiger partial charge in [0.25, 0.3) is 10.0 Å². The van der Waals surface area contributed by atoms with Crippen LogP contribution in [0.2, 0.25) is 0 Å². The molecule has 1 saturated heterocycles. The van der Waals surface area contributed by atoms with Crippen molar-refractivity contribution in [2.45, 2.75) is 36.3 Å². The summed E-state index contributed by atoms with van der Waals surface area (Å²) in [7, 11) is -3.52. The Bertz CT molecular complexity index is 1130. The van der Waals surface area contributed by atoms with E-state index in [-0.39, 0.29) is 6.04 Å². The number of nitrogens with zero attached hydrogens (tertiary/aromatic N) is 2. The zero-order chi connectivity index (χ0) is 23.5. The number of hydrogen-bond donors (Lipinski definition) is 1. The summed E-state index contributed by atoms with van der Waals surface area (Å²) in [5.74, 6) is 0. The molecule has 2 aromatic carbocycles. The summed E-state index contributed by atoms with van der Waals surface area (Å²) in [5.41, 5.74) is 1.99. The van der Waals surface area contributed by atoms with E-state index in [1.165, 1.54) is 11.3 Å². The van der Waals surface area contributed by atoms with Crippen molar-refractivity contribution in [2.75, 3.05) is 31.1 Å². The highest BCUT2D eigenvalue weighted by atomic mass is 32.2. The summed E-state index contributed by atoms with van der Waals surface area (Å²) in [6, 6.07) is 21.1. The van der Waals surface area contributed by atoms with Crippen molar-refractivity contribution in [1.82, 2.24) is 4.31 Å². The van der Waals surface area contributed by atoms with Crippen molar-refractivity contribution in [3.05, 3.63) is 83.2 Å². The van der Waals surface area contributed by atoms with Crippen LogP contribution in [0.1, 0.15) is 25.0 Å². The molecule has 2 heterocycles. The molecule has 1 aliphatic rings. The molecule has 0 bridgehead atoms. The molecule has 1 aliphatic heterocycles. The Morgan fingerprint density at radius 1 is 1.03 bits per heavy atom. The van der Waals surface area contributed by atoms with E-state index in [0.717, 1.165) is 16.8 Å². The molecule has 0 unspecified atom stereocenters. The Labute approximate surface area is 200 Å². The molecular weight excluding hydrogens is 456 g/mol. The van der Waals surface area contributed by atoms with Crippen LogP contribution in [-0.2, 0) is 27.0 Å². The predicted molar refractivity (Wildman–Crippen MR) is 132 cm³/mol. The highest BCUT2D eigenvalue weighted by Gasteiger charge is 2.35. The minimum Gasteiger partial charge on any atom is -0.386 e. The Morgan fingerprint density at radius 3 is 2.39 bits per heavy atom. The number of anilines is 1. The van der Waals surface area contributed by atoms with Gasteiger partial charge in [0.2, 0.25) is 0 Å². The van der Waals surface area contributed by atoms with Gasteiger partial charge < -0.3 is 14.7 Å². The van der Waals surface area contributed by atoms with Gasteiger partial charge in [0, 0.05) is 25.3 Å². The molecule has 0 amide bonds. The lowest BCUT2D eigenvalue weighted by Gasteiger charge is -2.42. The van der Waals surface area contributed by atoms with Crippen LogP contribution in [0.4, 0.5) is 5.69 Å². The SMILES string of the molecule is CC(C)(O)c1ccc(N2CCN(S(=O)(=O)c3cccs3)C[C@H]2COCc2ccccc2)cc1. The summed E-state index contributed by atoms with van der Waals surface area (Å²) in [5, 5.41) is 12.1. The second kappa shape index (κ2) is 9.95. The van der Waals surface area contributed by atoms with Crippen molar-refractivity contribution in [3.63, 3.8) is 0 Å². The van der Waals surface area contributed by atoms with Crippen molar-refractivity contribution < 1.29 is 18.3 Å². The van der Waals surface area contributed by atoms with Gasteiger partial charge in [-0.05, 0) is 48.6 Å². The molecule has 4 rings (SSSR count). The Balaban J connectivity index is 1.53. The van der Waals surface area contributed by atoms with Crippen molar-refractivity contribution >= 4 is 27.0 Å². The molecule has 3 aromatic rings. The number of benzene rings is 2. The lowest BCUT2D eigenvalue weighted by atomic mass is 9.98. The summed E-state index contributed by atoms with van der Waals surface area (Å²) >= 11 is 1.24. The molecule has 0 radical (unpaired) electrons. The normalized spacial score (nSPS) is 17.9. The third-order valence-corrected chi connectivity index (χ3v) is 9.10. The fraction of sp³-hybridized carbons (Fsp3) is 0.360. The fourth-order valence-electron chi connectivity index (χ4n) is 4.01. The standard InChI is InChI=1S/C25H30N2O4S2/c1-25(2,28)21-10-12-22(13-11-21)27-15-14-26(33(29,30)24-9-6-16-32-24)17-23(27)19-31-18-20-7-4-3-5-8-20/h3-13,16,23,28H,14-15,17-19H2,1-2H3/t23-/m0/s1. The average molecular weight is 487 g/mol. The van der Waals surface area contributed by atoms with Crippen molar-refractivity contribution in [2.24, 2.45) is 0 Å². The number of ether oxygens (including phenoxy) is 1. The predicted octanol–water partition coefficient (Wildman–Crippen LogP) is 4.07. The maximum absolute atomic E-state index is 13.1. The van der Waals surface area contributed by atoms with E-state index in [1.807, 2.05) is 54.6 Å². The van der Waals surface area contributed by atoms with Crippen LogP contribution in [0.15, 0.2) is 76.3 Å². The van der Waals surface area contributed by atoms with E-state index in [0.29, 0.717) is 37.1 Å². The third kappa shape index (κ3) is 5.65. The molecule has 1 fully saturated rings. The second-order valence-electron chi connectivity index (χ2n) is 8.75. The monoisotopic (exact) mass is 486 g/mol. The van der Waals surface area contributed by atoms with Gasteiger partial charge in [0.1, 0.15) is 4.21 Å². The molecule has 1 atom stereocenters. The van der Waals surface area contributed by atoms with Gasteiger partial charge in [-0.1, -0.05) is 48.5 Å². The fourth-order valence-corrected chi connectivity index (χ4v) is 6.63. The first-order valence-corrected chi connectivity index (χ1v) is 13.3. The molecule has 8 heteroatoms. The molecule has 0 aliphatic carbocycles. The zero-order valence-corrected chi connectivity index (χ0v) is 20.6. The first-order valence-electron chi connectivity index (χ1n) is 11.0. The summed E-state index contributed by atoms with van der Waals surface area (Å²) in [4.78, 5) is 2.21. The zero-order valence-electron chi connectivity index (χ0n) is 18.9. The highest BCUT2D eigenvalue weighted by Crippen LogP contribution is 2.29. The number of rotatable bonds is 8. The van der Waals surface area contributed by atoms with Crippen LogP contribution in [0, 0.1) is 0 Å². The number of piperazine rings is 1. The third-order valence-electron chi connectivity index (χ3n) is 5.86. The second-order valence-corrected chi connectivity index (χ2v) is 11.9. The quantitative estimate of drug-likeness (QED) is 0.520. The van der Waals surface area contributed by atoms with E-state index in [4.69, 9.17) is 4.74 Å². The Hall–Kier alpha value is -2.23. The molecule has 1 aromatic heterocycles. The van der Waals surface area contributed by atoms with Crippen molar-refractivity contribution in [3.8, 4) is 0 Å². The van der Waals surface area contributed by atoms with Crippen LogP contribution in [0.5, 0.6) is 0 Å². The van der Waals surface area contributed by atoms with Crippen LogP contribution < -0.4 is 4.90 Å². The summed E-state index contributed by atoms with van der Waals surface area (Å²) in [6.45, 7) is 5.71. The van der Waals surface area contributed by atoms with E-state index in [2.05, 4.69) is 4.90 Å². The Morgan fingerprint density at radius 2 is 1.76 bits per heavy atom. The van der Waals surface area contributed by atoms with Crippen molar-refractivity contribution in [1.29, 1.82) is 0 Å². The van der Waals surface area contributed by atoms with E-state index in [9.17, 15) is 13.5 Å². The maximum Gasteiger partial charge on any atom is 0.252 e. The lowest BCUT2D eigenvalue weighted by Crippen LogP contribution is -2.56. The molecular formula is C25H30N2O4S2. The van der Waals surface area contributed by atoms with Crippen LogP contribution in [0.3, 0.4) is 0 Å². The molecule has 0 saturated carbocycles. The van der Waals surface area contributed by atoms with Gasteiger partial charge >= 0.3 is 0 Å². The first kappa shape index (κ1) is 23.9. The van der Waals surface area contributed by atoms with Gasteiger partial charge in [-0.25, -0.2) is 8.42 Å². The van der Waals surface area contributed by atoms with Gasteiger partial charge in [0.05, 0.1) is 24.9 Å². The summed E-state index contributed by atoms with van der Waals surface area (Å²) in [6.07, 6.45) is 0. The van der Waals surface area contributed by atoms with Gasteiger partial charge in [-0.3, -0.25) is 0 Å². The topological polar surface area (TPSA) is 70.1 Å². The van der Waals surface area contributed by atoms with E-state index >= 15 is 0 Å². The van der Waals surface area contributed by atoms with Gasteiger partial charge in [-0.15, -0.1) is 11.3 Å². The lowest BCUT2D eigenvalue weighted by molar-refractivity contribution is 0.0785.